The van der Waals surface area contributed by atoms with Crippen LogP contribution >= 0.6 is 0 Å². The molecule has 1 amide bonds. The Kier molecular flexibility index (Phi) is 5.29. The Bertz CT molecular complexity index is 1150. The Labute approximate surface area is 182 Å². The average molecular weight is 443 g/mol. The summed E-state index contributed by atoms with van der Waals surface area (Å²) < 4.78 is 31.3. The van der Waals surface area contributed by atoms with Crippen LogP contribution in [-0.4, -0.2) is 32.7 Å². The smallest absolute Gasteiger partial charge is 0.337 e. The monoisotopic (exact) mass is 442 g/mol. The number of esters is 1. The van der Waals surface area contributed by atoms with Gasteiger partial charge in [-0.1, -0.05) is 26.0 Å². The molecule has 4 rings (SSSR count). The van der Waals surface area contributed by atoms with Crippen LogP contribution in [0, 0.1) is 5.41 Å². The Morgan fingerprint density at radius 3 is 2.52 bits per heavy atom. The molecule has 31 heavy (non-hydrogen) atoms. The molecule has 164 valence electrons. The number of anilines is 1. The zero-order valence-electron chi connectivity index (χ0n) is 17.8. The summed E-state index contributed by atoms with van der Waals surface area (Å²) in [6, 6.07) is 12.4. The molecule has 8 heteroatoms. The first-order chi connectivity index (χ1) is 14.6. The van der Waals surface area contributed by atoms with Crippen LogP contribution in [0.2, 0.25) is 0 Å². The fraction of sp³-hybridized carbons (Fsp3) is 0.391. The van der Waals surface area contributed by atoms with E-state index >= 15 is 0 Å². The van der Waals surface area contributed by atoms with Crippen molar-refractivity contribution in [1.29, 1.82) is 0 Å². The van der Waals surface area contributed by atoms with Gasteiger partial charge in [-0.3, -0.25) is 4.79 Å². The minimum Gasteiger partial charge on any atom is -0.465 e. The van der Waals surface area contributed by atoms with Crippen LogP contribution in [0.3, 0.4) is 0 Å². The highest BCUT2D eigenvalue weighted by atomic mass is 32.2. The summed E-state index contributed by atoms with van der Waals surface area (Å²) in [4.78, 5) is 24.4. The largest absolute Gasteiger partial charge is 0.465 e. The molecule has 1 atom stereocenters. The van der Waals surface area contributed by atoms with Gasteiger partial charge in [0, 0.05) is 11.3 Å². The lowest BCUT2D eigenvalue weighted by Crippen LogP contribution is -2.36. The summed E-state index contributed by atoms with van der Waals surface area (Å²) in [5.41, 5.74) is 3.43. The Hall–Kier alpha value is -2.87. The number of fused-ring (bicyclic) bond motifs is 1. The number of amides is 1. The summed E-state index contributed by atoms with van der Waals surface area (Å²) in [6.45, 7) is 4.23. The number of nitrogens with one attached hydrogen (secondary N) is 2. The summed E-state index contributed by atoms with van der Waals surface area (Å²) in [5, 5.41) is 3.07. The van der Waals surface area contributed by atoms with Gasteiger partial charge in [0.2, 0.25) is 10.0 Å². The normalized spacial score (nSPS) is 19.6. The van der Waals surface area contributed by atoms with E-state index in [0.717, 1.165) is 23.2 Å². The molecule has 1 aliphatic heterocycles. The molecule has 1 heterocycles. The SMILES string of the molecule is COC(=O)c1ccc2c(c1)CC(C)(C)C(c1cccc(C(=O)NS(=O)(=O)C3CC3)c1)N2. The van der Waals surface area contributed by atoms with E-state index in [1.807, 2.05) is 18.2 Å². The fourth-order valence-electron chi connectivity index (χ4n) is 4.11. The zero-order chi connectivity index (χ0) is 22.4. The van der Waals surface area contributed by atoms with Gasteiger partial charge in [0.05, 0.1) is 24.0 Å². The molecule has 2 N–H and O–H groups in total. The van der Waals surface area contributed by atoms with E-state index in [1.54, 1.807) is 24.3 Å². The summed E-state index contributed by atoms with van der Waals surface area (Å²) in [6.07, 6.45) is 1.91. The predicted molar refractivity (Wildman–Crippen MR) is 117 cm³/mol. The van der Waals surface area contributed by atoms with Gasteiger partial charge in [0.15, 0.2) is 0 Å². The maximum atomic E-state index is 12.6. The van der Waals surface area contributed by atoms with Gasteiger partial charge < -0.3 is 10.1 Å². The minimum atomic E-state index is -3.60. The summed E-state index contributed by atoms with van der Waals surface area (Å²) in [5.74, 6) is -0.979. The van der Waals surface area contributed by atoms with Gasteiger partial charge >= 0.3 is 5.97 Å². The number of carbonyl (C=O) groups excluding carboxylic acids is 2. The van der Waals surface area contributed by atoms with E-state index in [1.165, 1.54) is 7.11 Å². The molecule has 2 aliphatic rings. The van der Waals surface area contributed by atoms with Crippen LogP contribution in [-0.2, 0) is 21.2 Å². The fourth-order valence-corrected chi connectivity index (χ4v) is 5.41. The van der Waals surface area contributed by atoms with E-state index in [-0.39, 0.29) is 17.4 Å². The Balaban J connectivity index is 1.60. The third-order valence-electron chi connectivity index (χ3n) is 5.93. The molecule has 0 radical (unpaired) electrons. The molecule has 1 fully saturated rings. The molecule has 2 aromatic carbocycles. The number of benzene rings is 2. The first-order valence-electron chi connectivity index (χ1n) is 10.2. The van der Waals surface area contributed by atoms with Crippen molar-refractivity contribution >= 4 is 27.6 Å². The Morgan fingerprint density at radius 1 is 1.10 bits per heavy atom. The van der Waals surface area contributed by atoms with Gasteiger partial charge in [0.25, 0.3) is 5.91 Å². The number of rotatable bonds is 5. The molecular formula is C23H26N2O5S. The molecule has 0 aromatic heterocycles. The first kappa shape index (κ1) is 21.4. The van der Waals surface area contributed by atoms with Gasteiger partial charge in [-0.25, -0.2) is 17.9 Å². The van der Waals surface area contributed by atoms with E-state index in [0.29, 0.717) is 24.0 Å². The lowest BCUT2D eigenvalue weighted by atomic mass is 9.72. The maximum Gasteiger partial charge on any atom is 0.337 e. The molecule has 0 saturated heterocycles. The van der Waals surface area contributed by atoms with Crippen LogP contribution in [0.25, 0.3) is 0 Å². The Morgan fingerprint density at radius 2 is 1.84 bits per heavy atom. The summed E-state index contributed by atoms with van der Waals surface area (Å²) >= 11 is 0. The highest BCUT2D eigenvalue weighted by molar-refractivity contribution is 7.91. The second-order valence-electron chi connectivity index (χ2n) is 8.91. The third-order valence-corrected chi connectivity index (χ3v) is 7.75. The number of sulfonamides is 1. The van der Waals surface area contributed by atoms with Gasteiger partial charge in [-0.15, -0.1) is 0 Å². The summed E-state index contributed by atoms with van der Waals surface area (Å²) in [7, 11) is -2.24. The van der Waals surface area contributed by atoms with E-state index in [2.05, 4.69) is 23.9 Å². The number of hydrogen-bond acceptors (Lipinski definition) is 6. The lowest BCUT2D eigenvalue weighted by molar-refractivity contribution is 0.0600. The average Bonchev–Trinajstić information content (AvgIpc) is 3.57. The minimum absolute atomic E-state index is 0.100. The third kappa shape index (κ3) is 4.30. The van der Waals surface area contributed by atoms with E-state index in [4.69, 9.17) is 4.74 Å². The second-order valence-corrected chi connectivity index (χ2v) is 10.9. The van der Waals surface area contributed by atoms with Crippen molar-refractivity contribution in [3.63, 3.8) is 0 Å². The standard InChI is InChI=1S/C23H26N2O5S/c1-23(2)13-17-12-16(22(27)30-3)7-10-19(17)24-20(23)14-5-4-6-15(11-14)21(26)25-31(28,29)18-8-9-18/h4-7,10-12,18,20,24H,8-9,13H2,1-3H3,(H,25,26). The van der Waals surface area contributed by atoms with Gasteiger partial charge in [-0.05, 0) is 66.1 Å². The highest BCUT2D eigenvalue weighted by Gasteiger charge is 2.38. The van der Waals surface area contributed by atoms with Crippen molar-refractivity contribution in [2.75, 3.05) is 12.4 Å². The van der Waals surface area contributed by atoms with Gasteiger partial charge in [-0.2, -0.15) is 0 Å². The number of carbonyl (C=O) groups is 2. The van der Waals surface area contributed by atoms with Crippen LogP contribution < -0.4 is 10.0 Å². The molecule has 1 aliphatic carbocycles. The molecule has 0 spiro atoms. The quantitative estimate of drug-likeness (QED) is 0.688. The maximum absolute atomic E-state index is 12.6. The highest BCUT2D eigenvalue weighted by Crippen LogP contribution is 2.45. The topological polar surface area (TPSA) is 102 Å². The first-order valence-corrected chi connectivity index (χ1v) is 11.8. The van der Waals surface area contributed by atoms with Crippen LogP contribution in [0.4, 0.5) is 5.69 Å². The van der Waals surface area contributed by atoms with Crippen molar-refractivity contribution in [2.24, 2.45) is 5.41 Å². The van der Waals surface area contributed by atoms with Gasteiger partial charge in [0.1, 0.15) is 0 Å². The lowest BCUT2D eigenvalue weighted by Gasteiger charge is -2.41. The predicted octanol–water partition coefficient (Wildman–Crippen LogP) is 3.43. The molecule has 2 aromatic rings. The number of methoxy groups -OCH3 is 1. The van der Waals surface area contributed by atoms with Crippen molar-refractivity contribution in [1.82, 2.24) is 4.72 Å². The van der Waals surface area contributed by atoms with Crippen molar-refractivity contribution in [3.05, 3.63) is 64.7 Å². The number of ether oxygens (including phenoxy) is 1. The number of hydrogen-bond donors (Lipinski definition) is 2. The molecular weight excluding hydrogens is 416 g/mol. The zero-order valence-corrected chi connectivity index (χ0v) is 18.6. The van der Waals surface area contributed by atoms with Crippen molar-refractivity contribution < 1.29 is 22.7 Å². The molecule has 0 bridgehead atoms. The molecule has 7 nitrogen and oxygen atoms in total. The second kappa shape index (κ2) is 7.67. The molecule has 1 saturated carbocycles. The van der Waals surface area contributed by atoms with Crippen LogP contribution in [0.5, 0.6) is 0 Å². The van der Waals surface area contributed by atoms with E-state index in [9.17, 15) is 18.0 Å². The van der Waals surface area contributed by atoms with Crippen molar-refractivity contribution in [2.45, 2.75) is 44.4 Å². The van der Waals surface area contributed by atoms with Crippen LogP contribution in [0.1, 0.15) is 64.6 Å². The van der Waals surface area contributed by atoms with Crippen molar-refractivity contribution in [3.8, 4) is 0 Å². The van der Waals surface area contributed by atoms with E-state index < -0.39 is 21.2 Å². The van der Waals surface area contributed by atoms with Crippen LogP contribution in [0.15, 0.2) is 42.5 Å². The molecule has 1 unspecified atom stereocenters.